The number of halogens is 3. The number of aromatic nitrogens is 9. The minimum Gasteiger partial charge on any atom is -0.494 e. The zero-order valence-corrected chi connectivity index (χ0v) is 87.3. The molecule has 2 unspecified atom stereocenters. The van der Waals surface area contributed by atoms with E-state index in [1.807, 2.05) is 80.6 Å². The van der Waals surface area contributed by atoms with Crippen molar-refractivity contribution in [1.82, 2.24) is 79.2 Å². The number of nitrogens with zero attached hydrogens (tertiary/aromatic N) is 17. The SMILES string of the molecule is Cn1c2ccncc2c2ccc(-c3cnc(Cl)c(C#N)c3)cc21.Cn1c2ccncc2c2ccc(-c3cnc(N4CC(OC5CCN(CCCCCOc6ccc7c(c6)C(=O)N(C6CCC(=O)NC6=O)C7=O)CC5)C4)c(C#N)c3)cc21.Cn1c2ccncc2c2ccc(B3OC(C)(C)C(C)(C)O3)cc21.N#Cc1cc(Br)cnc1Cl.O=C1CCC(N2C(=O)c3ccc(OCCCCCN4CCC(OC5CNC5)CC4)cc3C2=O)C(=O)N1. The first-order valence-electron chi connectivity index (χ1n) is 50.7. The first-order valence-corrected chi connectivity index (χ1v) is 52.2. The first kappa shape index (κ1) is 104. The molecule has 5 aromatic carbocycles. The summed E-state index contributed by atoms with van der Waals surface area (Å²) in [6, 6.07) is 44.4. The van der Waals surface area contributed by atoms with Crippen LogP contribution < -0.4 is 35.8 Å². The van der Waals surface area contributed by atoms with Crippen LogP contribution in [0.15, 0.2) is 188 Å². The number of benzene rings is 5. The van der Waals surface area contributed by atoms with Crippen molar-refractivity contribution >= 4 is 170 Å². The fraction of sp³-hybridized carbons (Fsp3) is 0.366. The minimum atomic E-state index is -0.988. The van der Waals surface area contributed by atoms with Gasteiger partial charge in [-0.05, 0) is 241 Å². The number of nitrogens with one attached hydrogen (secondary N) is 3. The molecule has 0 aliphatic carbocycles. The number of hydrogen-bond donors (Lipinski definition) is 3. The Morgan fingerprint density at radius 2 is 0.853 bits per heavy atom. The number of aryl methyl sites for hydroxylation is 3. The van der Waals surface area contributed by atoms with Gasteiger partial charge >= 0.3 is 7.12 Å². The molecule has 2 atom stereocenters. The highest BCUT2D eigenvalue weighted by atomic mass is 79.9. The summed E-state index contributed by atoms with van der Waals surface area (Å²) in [5.74, 6) is -2.37. The maximum atomic E-state index is 13.1. The number of anilines is 1. The van der Waals surface area contributed by atoms with E-state index in [1.54, 1.807) is 67.1 Å². The van der Waals surface area contributed by atoms with Gasteiger partial charge < -0.3 is 62.0 Å². The number of carbonyl (C=O) groups excluding carboxylic acids is 8. The molecule has 0 spiro atoms. The van der Waals surface area contributed by atoms with E-state index in [0.29, 0.717) is 59.4 Å². The number of carbonyl (C=O) groups is 8. The Morgan fingerprint density at radius 3 is 1.29 bits per heavy atom. The fourth-order valence-electron chi connectivity index (χ4n) is 20.6. The van der Waals surface area contributed by atoms with Gasteiger partial charge in [0.15, 0.2) is 0 Å². The molecule has 7 fully saturated rings. The highest BCUT2D eigenvalue weighted by Crippen LogP contribution is 2.42. The van der Waals surface area contributed by atoms with E-state index in [4.69, 9.17) is 67.0 Å². The second-order valence-corrected chi connectivity index (χ2v) is 41.6. The number of hydrogen-bond acceptors (Lipinski definition) is 27. The molecule has 3 N–H and O–H groups in total. The standard InChI is InChI=1S/C44H44N8O6.C26H34N4O6.C18H21BN2O2.C18H11ClN4.C6H2BrClN2/c1-49-37-11-14-46-24-36(37)33-7-5-27(20-39(33)49)29-19-28(22-45)41(47-23-29)51-25-32(26-51)58-30-12-16-50(17-13-30)15-3-2-4-18-57-31-6-8-34-35(21-31)44(56)52(43(34)55)38-9-10-40(53)48-42(38)54;31-23-7-6-22(24(32)28-23)30-25(33)20-5-4-18(14-21(20)26(30)34)35-13-3-1-2-10-29-11-8-17(9-12-29)36-19-15-27-16-19;1-17(2)18(3,4)23-19(22-17)12-6-7-13-14-11-20-9-8-15(14)21(5)16(13)10-12;1-23-16-4-5-21-10-15(16)14-3-2-11(7-17(14)23)13-6-12(8-20)18(19)22-9-13;7-5-1-4(2-9)6(8)10-3-5/h5-8,11,14,19-21,23-24,30,32,38H,2-4,9-10,12-13,15-18,25-26H2,1H3,(H,48,53,54);4-5,14,17,19,22,27H,1-3,6-13,15-16H2,(H,28,31,32);6-11H,1-5H3;2-7,9-10H,1H3;1,3H. The molecule has 768 valence electrons. The van der Waals surface area contributed by atoms with Crippen molar-refractivity contribution in [3.8, 4) is 52.0 Å². The van der Waals surface area contributed by atoms with Crippen molar-refractivity contribution in [1.29, 1.82) is 15.8 Å². The van der Waals surface area contributed by atoms with Gasteiger partial charge in [0.2, 0.25) is 23.6 Å². The highest BCUT2D eigenvalue weighted by Gasteiger charge is 2.53. The molecule has 7 saturated heterocycles. The first-order chi connectivity index (χ1) is 72.5. The molecule has 0 bridgehead atoms. The number of pyridine rings is 6. The highest BCUT2D eigenvalue weighted by molar-refractivity contribution is 9.10. The maximum Gasteiger partial charge on any atom is 0.494 e. The van der Waals surface area contributed by atoms with Crippen molar-refractivity contribution < 1.29 is 66.6 Å². The lowest BCUT2D eigenvalue weighted by molar-refractivity contribution is -0.137. The van der Waals surface area contributed by atoms with Gasteiger partial charge in [0, 0.05) is 207 Å². The van der Waals surface area contributed by atoms with Crippen molar-refractivity contribution in [2.75, 3.05) is 83.6 Å². The summed E-state index contributed by atoms with van der Waals surface area (Å²) in [7, 11) is 5.85. The van der Waals surface area contributed by atoms with Crippen molar-refractivity contribution in [2.24, 2.45) is 21.1 Å². The van der Waals surface area contributed by atoms with Crippen LogP contribution in [0.2, 0.25) is 10.3 Å². The summed E-state index contributed by atoms with van der Waals surface area (Å²) in [5, 5.41) is 42.7. The smallest absolute Gasteiger partial charge is 0.494 e. The van der Waals surface area contributed by atoms with Gasteiger partial charge in [0.1, 0.15) is 57.9 Å². The fourth-order valence-corrected chi connectivity index (χ4v) is 21.2. The topological polar surface area (TPSA) is 408 Å². The lowest BCUT2D eigenvalue weighted by Crippen LogP contribution is -2.55. The average molecular weight is 2120 g/mol. The monoisotopic (exact) mass is 2120 g/mol. The minimum absolute atomic E-state index is 0.0814. The molecule has 18 heterocycles. The maximum absolute atomic E-state index is 13.1. The van der Waals surface area contributed by atoms with Gasteiger partial charge in [-0.1, -0.05) is 59.6 Å². The molecule has 9 aliphatic rings. The molecule has 0 saturated carbocycles. The quantitative estimate of drug-likeness (QED) is 0.0219. The van der Waals surface area contributed by atoms with Crippen LogP contribution in [0, 0.1) is 34.0 Å². The van der Waals surface area contributed by atoms with Crippen LogP contribution in [0.3, 0.4) is 0 Å². The molecule has 23 rings (SSSR count). The van der Waals surface area contributed by atoms with Crippen LogP contribution >= 0.6 is 39.1 Å². The Bertz CT molecular complexity index is 7750. The van der Waals surface area contributed by atoms with Crippen LogP contribution in [0.25, 0.3) is 87.7 Å². The summed E-state index contributed by atoms with van der Waals surface area (Å²) >= 11 is 14.6. The van der Waals surface area contributed by atoms with Crippen LogP contribution in [0.4, 0.5) is 5.82 Å². The van der Waals surface area contributed by atoms with E-state index in [0.717, 1.165) is 215 Å². The van der Waals surface area contributed by atoms with Crippen molar-refractivity contribution in [3.63, 3.8) is 0 Å². The number of rotatable bonds is 24. The molecular formula is C112H112BBrCl2N20O14. The van der Waals surface area contributed by atoms with Gasteiger partial charge in [0.05, 0.1) is 104 Å². The summed E-state index contributed by atoms with van der Waals surface area (Å²) in [4.78, 5) is 134. The third-order valence-corrected chi connectivity index (χ3v) is 30.9. The Kier molecular flexibility index (Phi) is 31.4. The Hall–Kier alpha value is -14.3. The second-order valence-electron chi connectivity index (χ2n) is 40.0. The number of imide groups is 4. The predicted octanol–water partition coefficient (Wildman–Crippen LogP) is 15.8. The average Bonchev–Trinajstić information content (AvgIpc) is 1.60. The molecule has 0 radical (unpaired) electrons. The number of nitriles is 3. The Labute approximate surface area is 884 Å². The molecule has 34 nitrogen and oxygen atoms in total. The van der Waals surface area contributed by atoms with Gasteiger partial charge in [-0.15, -0.1) is 0 Å². The summed E-state index contributed by atoms with van der Waals surface area (Å²) in [5.41, 5.74) is 13.3. The zero-order valence-electron chi connectivity index (χ0n) is 84.2. The number of likely N-dealkylation sites (tertiary alicyclic amines) is 2. The summed E-state index contributed by atoms with van der Waals surface area (Å²) < 4.78 is 43.9. The van der Waals surface area contributed by atoms with Gasteiger partial charge in [-0.25, -0.2) is 15.0 Å². The molecule has 14 aromatic rings. The molecule has 150 heavy (non-hydrogen) atoms. The van der Waals surface area contributed by atoms with E-state index in [1.165, 1.54) is 21.8 Å². The van der Waals surface area contributed by atoms with Gasteiger partial charge in [-0.3, -0.25) is 73.7 Å². The normalized spacial score (nSPS) is 18.4. The van der Waals surface area contributed by atoms with Crippen molar-refractivity contribution in [2.45, 2.75) is 165 Å². The molecule has 8 amide bonds. The molecule has 9 aliphatic heterocycles. The van der Waals surface area contributed by atoms with Crippen LogP contribution in [0.5, 0.6) is 11.5 Å². The number of amides is 8. The van der Waals surface area contributed by atoms with Gasteiger partial charge in [0.25, 0.3) is 23.6 Å². The Balaban J connectivity index is 0.000000130. The molecular weight excluding hydrogens is 2010 g/mol. The third-order valence-electron chi connectivity index (χ3n) is 29.8. The predicted molar refractivity (Wildman–Crippen MR) is 572 cm³/mol. The lowest BCUT2D eigenvalue weighted by atomic mass is 9.79. The van der Waals surface area contributed by atoms with E-state index < -0.39 is 53.4 Å². The molecule has 38 heteroatoms. The largest absolute Gasteiger partial charge is 0.494 e. The van der Waals surface area contributed by atoms with E-state index in [-0.39, 0.29) is 94.7 Å². The second kappa shape index (κ2) is 45.2. The number of unbranched alkanes of at least 4 members (excludes halogenated alkanes) is 4. The van der Waals surface area contributed by atoms with Crippen LogP contribution in [-0.4, -0.2) is 244 Å². The van der Waals surface area contributed by atoms with Gasteiger partial charge in [-0.2, -0.15) is 15.8 Å². The van der Waals surface area contributed by atoms with Crippen LogP contribution in [0.1, 0.15) is 176 Å². The van der Waals surface area contributed by atoms with Crippen LogP contribution in [-0.2, 0) is 59.1 Å². The zero-order chi connectivity index (χ0) is 105. The van der Waals surface area contributed by atoms with E-state index in [9.17, 15) is 43.6 Å². The van der Waals surface area contributed by atoms with Crippen molar-refractivity contribution in [3.05, 3.63) is 237 Å². The number of fused-ring (bicyclic) bond motifs is 11. The molecule has 9 aromatic heterocycles. The number of ether oxygens (including phenoxy) is 4. The third kappa shape index (κ3) is 22.2. The van der Waals surface area contributed by atoms with E-state index in [2.05, 4.69) is 188 Å². The summed E-state index contributed by atoms with van der Waals surface area (Å²) in [6.45, 7) is 19.0. The Morgan fingerprint density at radius 1 is 0.433 bits per heavy atom. The number of piperidine rings is 4. The lowest BCUT2D eigenvalue weighted by Gasteiger charge is -2.43. The summed E-state index contributed by atoms with van der Waals surface area (Å²) in [6.07, 6.45) is 28.0. The van der Waals surface area contributed by atoms with E-state index >= 15 is 0 Å².